The van der Waals surface area contributed by atoms with E-state index in [9.17, 15) is 0 Å². The lowest BCUT2D eigenvalue weighted by Crippen LogP contribution is -2.20. The van der Waals surface area contributed by atoms with Gasteiger partial charge in [0.05, 0.1) is 11.9 Å². The van der Waals surface area contributed by atoms with Crippen molar-refractivity contribution in [1.82, 2.24) is 14.6 Å². The highest BCUT2D eigenvalue weighted by atomic mass is 15.3. The fourth-order valence-corrected chi connectivity index (χ4v) is 3.55. The first-order chi connectivity index (χ1) is 12.0. The van der Waals surface area contributed by atoms with Gasteiger partial charge in [-0.3, -0.25) is 0 Å². The quantitative estimate of drug-likeness (QED) is 0.729. The maximum Gasteiger partial charge on any atom is 0.165 e. The van der Waals surface area contributed by atoms with E-state index in [1.54, 1.807) is 0 Å². The minimum atomic E-state index is -0.00785. The molecule has 1 saturated carbocycles. The number of hydrogen-bond acceptors (Lipinski definition) is 3. The molecule has 0 amide bonds. The van der Waals surface area contributed by atoms with Crippen LogP contribution in [0.25, 0.3) is 16.8 Å². The number of fused-ring (bicyclic) bond motifs is 1. The number of nitrogens with zero attached hydrogens (tertiary/aromatic N) is 3. The molecule has 4 rings (SSSR count). The summed E-state index contributed by atoms with van der Waals surface area (Å²) in [4.78, 5) is 4.98. The van der Waals surface area contributed by atoms with E-state index in [0.29, 0.717) is 6.04 Å². The zero-order chi connectivity index (χ0) is 17.4. The Hall–Kier alpha value is -2.36. The average molecular weight is 334 g/mol. The van der Waals surface area contributed by atoms with Gasteiger partial charge < -0.3 is 5.32 Å². The number of anilines is 1. The molecule has 0 bridgehead atoms. The van der Waals surface area contributed by atoms with Gasteiger partial charge in [0.2, 0.25) is 0 Å². The molecular formula is C21H26N4. The van der Waals surface area contributed by atoms with Gasteiger partial charge in [-0.25, -0.2) is 4.98 Å². The topological polar surface area (TPSA) is 42.2 Å². The predicted molar refractivity (Wildman–Crippen MR) is 103 cm³/mol. The first-order valence-corrected chi connectivity index (χ1v) is 9.23. The summed E-state index contributed by atoms with van der Waals surface area (Å²) < 4.78 is 1.97. The van der Waals surface area contributed by atoms with Crippen LogP contribution in [0.3, 0.4) is 0 Å². The summed E-state index contributed by atoms with van der Waals surface area (Å²) in [6, 6.07) is 13.1. The highest BCUT2D eigenvalue weighted by Gasteiger charge is 2.22. The van der Waals surface area contributed by atoms with Crippen LogP contribution >= 0.6 is 0 Å². The van der Waals surface area contributed by atoms with Crippen molar-refractivity contribution in [3.63, 3.8) is 0 Å². The molecule has 1 aliphatic carbocycles. The monoisotopic (exact) mass is 334 g/mol. The number of aromatic nitrogens is 3. The normalized spacial score (nSPS) is 15.8. The Labute approximate surface area is 149 Å². The second-order valence-corrected chi connectivity index (χ2v) is 8.06. The minimum Gasteiger partial charge on any atom is -0.367 e. The van der Waals surface area contributed by atoms with Crippen molar-refractivity contribution in [2.75, 3.05) is 5.32 Å². The number of nitrogens with one attached hydrogen (secondary N) is 1. The molecule has 2 heterocycles. The molecule has 0 spiro atoms. The standard InChI is InChI=1S/C21H26N4/c1-21(2,3)18-13-19(23-16-11-7-8-12-16)25-20(24-18)17(14-22-25)15-9-5-4-6-10-15/h4-6,9-10,13-14,16,23H,7-8,11-12H2,1-3H3. The Bertz CT molecular complexity index is 868. The van der Waals surface area contributed by atoms with E-state index in [1.807, 2.05) is 16.8 Å². The van der Waals surface area contributed by atoms with Crippen LogP contribution in [-0.2, 0) is 5.41 Å². The molecule has 1 aromatic carbocycles. The maximum absolute atomic E-state index is 4.98. The van der Waals surface area contributed by atoms with Gasteiger partial charge >= 0.3 is 0 Å². The molecule has 130 valence electrons. The fourth-order valence-electron chi connectivity index (χ4n) is 3.55. The van der Waals surface area contributed by atoms with Gasteiger partial charge in [0.1, 0.15) is 5.82 Å². The lowest BCUT2D eigenvalue weighted by molar-refractivity contribution is 0.568. The minimum absolute atomic E-state index is 0.00785. The van der Waals surface area contributed by atoms with Crippen LogP contribution < -0.4 is 5.32 Å². The molecule has 4 heteroatoms. The third kappa shape index (κ3) is 3.13. The van der Waals surface area contributed by atoms with Gasteiger partial charge in [0, 0.05) is 23.1 Å². The van der Waals surface area contributed by atoms with Crippen LogP contribution in [0, 0.1) is 0 Å². The third-order valence-corrected chi connectivity index (χ3v) is 5.03. The molecule has 0 aliphatic heterocycles. The van der Waals surface area contributed by atoms with E-state index in [-0.39, 0.29) is 5.41 Å². The third-order valence-electron chi connectivity index (χ3n) is 5.03. The van der Waals surface area contributed by atoms with Crippen molar-refractivity contribution in [3.05, 3.63) is 48.3 Å². The smallest absolute Gasteiger partial charge is 0.165 e. The number of benzene rings is 1. The summed E-state index contributed by atoms with van der Waals surface area (Å²) in [6.07, 6.45) is 7.03. The molecule has 4 nitrogen and oxygen atoms in total. The van der Waals surface area contributed by atoms with Crippen molar-refractivity contribution >= 4 is 11.5 Å². The van der Waals surface area contributed by atoms with Crippen LogP contribution in [0.2, 0.25) is 0 Å². The zero-order valence-electron chi connectivity index (χ0n) is 15.3. The molecule has 0 radical (unpaired) electrons. The van der Waals surface area contributed by atoms with E-state index in [1.165, 1.54) is 25.7 Å². The van der Waals surface area contributed by atoms with Gasteiger partial charge in [0.15, 0.2) is 5.65 Å². The summed E-state index contributed by atoms with van der Waals surface area (Å²) in [6.45, 7) is 6.64. The lowest BCUT2D eigenvalue weighted by Gasteiger charge is -2.21. The van der Waals surface area contributed by atoms with Crippen LogP contribution in [0.4, 0.5) is 5.82 Å². The zero-order valence-corrected chi connectivity index (χ0v) is 15.3. The molecule has 1 aliphatic rings. The van der Waals surface area contributed by atoms with Crippen molar-refractivity contribution in [2.24, 2.45) is 0 Å². The molecule has 25 heavy (non-hydrogen) atoms. The molecule has 2 aromatic heterocycles. The highest BCUT2D eigenvalue weighted by molar-refractivity contribution is 5.78. The maximum atomic E-state index is 4.98. The molecular weight excluding hydrogens is 308 g/mol. The van der Waals surface area contributed by atoms with Crippen molar-refractivity contribution in [3.8, 4) is 11.1 Å². The van der Waals surface area contributed by atoms with Gasteiger partial charge in [-0.15, -0.1) is 0 Å². The average Bonchev–Trinajstić information content (AvgIpc) is 3.24. The van der Waals surface area contributed by atoms with Gasteiger partial charge in [-0.05, 0) is 18.4 Å². The fraction of sp³-hybridized carbons (Fsp3) is 0.429. The first-order valence-electron chi connectivity index (χ1n) is 9.23. The van der Waals surface area contributed by atoms with Crippen LogP contribution in [0.5, 0.6) is 0 Å². The molecule has 3 aromatic rings. The van der Waals surface area contributed by atoms with Crippen LogP contribution in [-0.4, -0.2) is 20.6 Å². The van der Waals surface area contributed by atoms with Crippen molar-refractivity contribution in [1.29, 1.82) is 0 Å². The Morgan fingerprint density at radius 2 is 1.80 bits per heavy atom. The molecule has 1 fully saturated rings. The summed E-state index contributed by atoms with van der Waals surface area (Å²) in [5.74, 6) is 1.06. The molecule has 0 saturated heterocycles. The lowest BCUT2D eigenvalue weighted by atomic mass is 9.92. The summed E-state index contributed by atoms with van der Waals surface area (Å²) >= 11 is 0. The second kappa shape index (κ2) is 6.17. The second-order valence-electron chi connectivity index (χ2n) is 8.06. The van der Waals surface area contributed by atoms with E-state index >= 15 is 0 Å². The Morgan fingerprint density at radius 1 is 1.08 bits per heavy atom. The van der Waals surface area contributed by atoms with Gasteiger partial charge in [-0.2, -0.15) is 9.61 Å². The summed E-state index contributed by atoms with van der Waals surface area (Å²) in [5, 5.41) is 8.37. The summed E-state index contributed by atoms with van der Waals surface area (Å²) in [5.41, 5.74) is 4.26. The van der Waals surface area contributed by atoms with E-state index in [2.05, 4.69) is 61.5 Å². The SMILES string of the molecule is CC(C)(C)c1cc(NC2CCCC2)n2ncc(-c3ccccc3)c2n1. The van der Waals surface area contributed by atoms with E-state index in [4.69, 9.17) is 4.98 Å². The Kier molecular flexibility index (Phi) is 3.98. The summed E-state index contributed by atoms with van der Waals surface area (Å²) in [7, 11) is 0. The highest BCUT2D eigenvalue weighted by Crippen LogP contribution is 2.31. The van der Waals surface area contributed by atoms with Crippen molar-refractivity contribution < 1.29 is 0 Å². The number of rotatable bonds is 3. The number of hydrogen-bond donors (Lipinski definition) is 1. The molecule has 0 unspecified atom stereocenters. The predicted octanol–water partition coefficient (Wildman–Crippen LogP) is 5.05. The Balaban J connectivity index is 1.87. The van der Waals surface area contributed by atoms with Gasteiger partial charge in [-0.1, -0.05) is 63.9 Å². The molecule has 0 atom stereocenters. The van der Waals surface area contributed by atoms with E-state index in [0.717, 1.165) is 28.3 Å². The van der Waals surface area contributed by atoms with Crippen LogP contribution in [0.15, 0.2) is 42.6 Å². The Morgan fingerprint density at radius 3 is 2.48 bits per heavy atom. The largest absolute Gasteiger partial charge is 0.367 e. The van der Waals surface area contributed by atoms with Crippen LogP contribution in [0.1, 0.15) is 52.1 Å². The van der Waals surface area contributed by atoms with Gasteiger partial charge in [0.25, 0.3) is 0 Å². The molecule has 1 N–H and O–H groups in total. The van der Waals surface area contributed by atoms with E-state index < -0.39 is 0 Å². The van der Waals surface area contributed by atoms with Crippen molar-refractivity contribution in [2.45, 2.75) is 57.9 Å². The first kappa shape index (κ1) is 16.1.